The Labute approximate surface area is 232 Å². The number of quaternary nitrogens is 2. The number of benzene rings is 2. The number of hydrogen-bond donors (Lipinski definition) is 3. The van der Waals surface area contributed by atoms with Gasteiger partial charge in [0, 0.05) is 41.1 Å². The number of carboxylic acid groups (broad SMARTS) is 1. The fourth-order valence-electron chi connectivity index (χ4n) is 4.73. The van der Waals surface area contributed by atoms with E-state index >= 15 is 0 Å². The fourth-order valence-corrected chi connectivity index (χ4v) is 4.73. The maximum atomic E-state index is 10.5. The summed E-state index contributed by atoms with van der Waals surface area (Å²) >= 11 is 0. The highest BCUT2D eigenvalue weighted by Gasteiger charge is 2.29. The quantitative estimate of drug-likeness (QED) is 0.299. The first-order valence-electron chi connectivity index (χ1n) is 13.0. The summed E-state index contributed by atoms with van der Waals surface area (Å²) in [5, 5.41) is 19.7. The predicted molar refractivity (Wildman–Crippen MR) is 142 cm³/mol. The normalized spacial score (nSPS) is 15.0. The van der Waals surface area contributed by atoms with E-state index in [1.807, 2.05) is 12.1 Å². The number of aromatic nitrogens is 5. The number of nitrogens with zero attached hydrogens (tertiary/aromatic N) is 4. The van der Waals surface area contributed by atoms with Crippen LogP contribution in [0.15, 0.2) is 72.9 Å². The molecule has 0 bridgehead atoms. The molecule has 0 spiro atoms. The molecule has 0 radical (unpaired) electrons. The summed E-state index contributed by atoms with van der Waals surface area (Å²) < 4.78 is 31.5. The highest BCUT2D eigenvalue weighted by molar-refractivity contribution is 5.97. The number of hydrogen-bond acceptors (Lipinski definition) is 6. The van der Waals surface area contributed by atoms with Gasteiger partial charge in [-0.15, -0.1) is 0 Å². The first-order valence-corrected chi connectivity index (χ1v) is 13.0. The summed E-state index contributed by atoms with van der Waals surface area (Å²) in [6.07, 6.45) is -1.08. The van der Waals surface area contributed by atoms with Crippen molar-refractivity contribution in [2.45, 2.75) is 31.6 Å². The van der Waals surface area contributed by atoms with E-state index in [0.29, 0.717) is 11.9 Å². The average Bonchev–Trinajstić information content (AvgIpc) is 3.69. The van der Waals surface area contributed by atoms with Crippen LogP contribution in [0.5, 0.6) is 0 Å². The zero-order valence-corrected chi connectivity index (χ0v) is 21.9. The molecule has 4 heterocycles. The van der Waals surface area contributed by atoms with Crippen molar-refractivity contribution in [2.24, 2.45) is 0 Å². The van der Waals surface area contributed by atoms with Crippen molar-refractivity contribution in [3.8, 4) is 33.9 Å². The lowest BCUT2D eigenvalue weighted by molar-refractivity contribution is -0.677. The molecular weight excluding hydrogens is 535 g/mol. The number of fused-ring (bicyclic) bond motifs is 1. The zero-order chi connectivity index (χ0) is 29.0. The van der Waals surface area contributed by atoms with Crippen LogP contribution in [0.1, 0.15) is 30.3 Å². The van der Waals surface area contributed by atoms with Crippen molar-refractivity contribution >= 4 is 16.9 Å². The molecular formula is C29H27F3N7O2+. The van der Waals surface area contributed by atoms with E-state index in [4.69, 9.17) is 19.9 Å². The van der Waals surface area contributed by atoms with Crippen LogP contribution in [0.25, 0.3) is 44.8 Å². The number of carboxylic acids is 1. The van der Waals surface area contributed by atoms with Crippen LogP contribution in [0.4, 0.5) is 13.2 Å². The van der Waals surface area contributed by atoms with Crippen molar-refractivity contribution in [2.75, 3.05) is 6.54 Å². The number of halogens is 3. The number of rotatable bonds is 5. The van der Waals surface area contributed by atoms with Crippen LogP contribution in [0.2, 0.25) is 0 Å². The third kappa shape index (κ3) is 6.23. The monoisotopic (exact) mass is 562 g/mol. The van der Waals surface area contributed by atoms with Gasteiger partial charge >= 0.3 is 6.18 Å². The molecule has 0 aliphatic carbocycles. The zero-order valence-electron chi connectivity index (χ0n) is 21.9. The van der Waals surface area contributed by atoms with Crippen LogP contribution in [0, 0.1) is 0 Å². The lowest BCUT2D eigenvalue weighted by Crippen LogP contribution is -2.82. The van der Waals surface area contributed by atoms with E-state index in [1.54, 1.807) is 6.20 Å². The maximum absolute atomic E-state index is 10.5. The Morgan fingerprint density at radius 1 is 1.02 bits per heavy atom. The van der Waals surface area contributed by atoms with E-state index < -0.39 is 12.1 Å². The Balaban J connectivity index is 0.000000431. The summed E-state index contributed by atoms with van der Waals surface area (Å²) in [4.78, 5) is 23.4. The molecule has 9 nitrogen and oxygen atoms in total. The maximum Gasteiger partial charge on any atom is 0.430 e. The van der Waals surface area contributed by atoms with Gasteiger partial charge in [-0.2, -0.15) is 18.3 Å². The molecule has 6 N–H and O–H groups in total. The number of alkyl halides is 3. The van der Waals surface area contributed by atoms with Crippen LogP contribution < -0.4 is 16.2 Å². The standard InChI is InChI=1S/C27H25N7.C2HF3O2/c28-16-17-8-10-19(11-9-17)24-20(18-5-2-1-3-6-18)15-21-22(31-24)12-14-30-25(21)27-32-26(33-34-27)23-7-4-13-29-23;3-2(4,5)1(6)7/h1-3,5-6,8-12,14-15,23,29H,4,7,13,16,28H2,(H,32,33,34);(H,6,7)/p+1. The molecule has 0 amide bonds. The summed E-state index contributed by atoms with van der Waals surface area (Å²) in [5.74, 6) is -1.47. The van der Waals surface area contributed by atoms with Gasteiger partial charge in [-0.1, -0.05) is 54.6 Å². The Hall–Kier alpha value is -4.68. The minimum atomic E-state index is -5.19. The highest BCUT2D eigenvalue weighted by atomic mass is 19.4. The van der Waals surface area contributed by atoms with Gasteiger partial charge in [0.2, 0.25) is 5.82 Å². The van der Waals surface area contributed by atoms with Crippen molar-refractivity contribution in [3.63, 3.8) is 0 Å². The Morgan fingerprint density at radius 2 is 1.76 bits per heavy atom. The number of nitrogens with one attached hydrogen (secondary N) is 1. The molecule has 5 aromatic rings. The Kier molecular flexibility index (Phi) is 8.04. The van der Waals surface area contributed by atoms with E-state index in [2.05, 4.69) is 80.8 Å². The molecule has 1 aliphatic rings. The summed E-state index contributed by atoms with van der Waals surface area (Å²) in [7, 11) is 0. The second-order valence-electron chi connectivity index (χ2n) is 9.53. The molecule has 2 aromatic carbocycles. The van der Waals surface area contributed by atoms with Crippen molar-refractivity contribution in [1.29, 1.82) is 0 Å². The highest BCUT2D eigenvalue weighted by Crippen LogP contribution is 2.35. The topological polar surface area (TPSA) is 152 Å². The molecule has 1 saturated heterocycles. The fraction of sp³-hybridized carbons (Fsp3) is 0.207. The Bertz CT molecular complexity index is 1650. The molecule has 210 valence electrons. The number of carbonyl (C=O) groups excluding carboxylic acids is 1. The molecule has 1 atom stereocenters. The van der Waals surface area contributed by atoms with Gasteiger partial charge in [0.15, 0.2) is 5.82 Å². The largest absolute Gasteiger partial charge is 0.542 e. The molecule has 6 rings (SSSR count). The van der Waals surface area contributed by atoms with Gasteiger partial charge in [-0.05, 0) is 17.7 Å². The van der Waals surface area contributed by atoms with Gasteiger partial charge in [0.05, 0.1) is 24.3 Å². The summed E-state index contributed by atoms with van der Waals surface area (Å²) in [6.45, 7) is 1.90. The second-order valence-corrected chi connectivity index (χ2v) is 9.53. The molecule has 12 heteroatoms. The first-order chi connectivity index (χ1) is 19.7. The first kappa shape index (κ1) is 27.9. The number of pyridine rings is 2. The van der Waals surface area contributed by atoms with Gasteiger partial charge in [0.25, 0.3) is 0 Å². The van der Waals surface area contributed by atoms with Crippen LogP contribution in [-0.2, 0) is 11.3 Å². The SMILES string of the molecule is O=C([O-])C(F)(F)F.[NH3+]Cc1ccc(-c2nc3ccnc(-c4n[nH]c(C5CCC[NH2+]5)n4)c3cc2-c2ccccc2)cc1. The number of nitrogens with two attached hydrogens (primary N) is 1. The van der Waals surface area contributed by atoms with Gasteiger partial charge < -0.3 is 21.0 Å². The lowest BCUT2D eigenvalue weighted by atomic mass is 9.96. The summed E-state index contributed by atoms with van der Waals surface area (Å²) in [5.41, 5.74) is 11.0. The Morgan fingerprint density at radius 3 is 2.39 bits per heavy atom. The molecule has 0 saturated carbocycles. The van der Waals surface area contributed by atoms with Crippen LogP contribution in [-0.4, -0.2) is 43.8 Å². The van der Waals surface area contributed by atoms with Crippen molar-refractivity contribution in [1.82, 2.24) is 25.1 Å². The average molecular weight is 563 g/mol. The van der Waals surface area contributed by atoms with Crippen molar-refractivity contribution in [3.05, 3.63) is 84.3 Å². The third-order valence-electron chi connectivity index (χ3n) is 6.81. The lowest BCUT2D eigenvalue weighted by Gasteiger charge is -2.13. The smallest absolute Gasteiger partial charge is 0.430 e. The number of aliphatic carboxylic acids is 1. The van der Waals surface area contributed by atoms with E-state index in [0.717, 1.165) is 64.3 Å². The molecule has 1 unspecified atom stereocenters. The third-order valence-corrected chi connectivity index (χ3v) is 6.81. The van der Waals surface area contributed by atoms with E-state index in [1.165, 1.54) is 12.0 Å². The molecule has 1 fully saturated rings. The van der Waals surface area contributed by atoms with Crippen molar-refractivity contribution < 1.29 is 34.1 Å². The number of carbonyl (C=O) groups is 1. The second kappa shape index (κ2) is 11.8. The molecule has 41 heavy (non-hydrogen) atoms. The van der Waals surface area contributed by atoms with E-state index in [9.17, 15) is 13.2 Å². The molecule has 3 aromatic heterocycles. The number of H-pyrrole nitrogens is 1. The predicted octanol–water partition coefficient (Wildman–Crippen LogP) is 2.19. The van der Waals surface area contributed by atoms with Crippen LogP contribution >= 0.6 is 0 Å². The van der Waals surface area contributed by atoms with Gasteiger partial charge in [0.1, 0.15) is 17.7 Å². The number of aromatic amines is 1. The van der Waals surface area contributed by atoms with Gasteiger partial charge in [-0.25, -0.2) is 9.97 Å². The minimum absolute atomic E-state index is 0.349. The van der Waals surface area contributed by atoms with Gasteiger partial charge in [-0.3, -0.25) is 10.1 Å². The molecule has 1 aliphatic heterocycles. The minimum Gasteiger partial charge on any atom is -0.542 e. The van der Waals surface area contributed by atoms with Crippen LogP contribution in [0.3, 0.4) is 0 Å². The summed E-state index contributed by atoms with van der Waals surface area (Å²) in [6, 6.07) is 23.4. The van der Waals surface area contributed by atoms with E-state index in [-0.39, 0.29) is 0 Å².